The van der Waals surface area contributed by atoms with Crippen LogP contribution in [0.1, 0.15) is 52.7 Å². The number of aliphatic carboxylic acids is 1. The Balaban J connectivity index is 1.26. The fourth-order valence-electron chi connectivity index (χ4n) is 11.4. The van der Waals surface area contributed by atoms with Crippen LogP contribution in [-0.4, -0.2) is 207 Å². The van der Waals surface area contributed by atoms with Gasteiger partial charge in [-0.1, -0.05) is 112 Å². The Labute approximate surface area is 527 Å². The number of ether oxygens (including phenoxy) is 12. The maximum absolute atomic E-state index is 13.4. The van der Waals surface area contributed by atoms with Crippen molar-refractivity contribution in [2.45, 2.75) is 172 Å². The maximum Gasteiger partial charge on any atom is 0.397 e. The van der Waals surface area contributed by atoms with Crippen LogP contribution < -0.4 is 0 Å². The molecule has 92 heavy (non-hydrogen) atoms. The van der Waals surface area contributed by atoms with Crippen molar-refractivity contribution < 1.29 is 135 Å². The minimum absolute atomic E-state index is 0.237. The normalized spacial score (nSPS) is 37.3. The molecule has 5 aliphatic rings. The molecule has 0 spiro atoms. The van der Waals surface area contributed by atoms with Crippen molar-refractivity contribution in [2.24, 2.45) is 50.9 Å². The van der Waals surface area contributed by atoms with Gasteiger partial charge < -0.3 is 61.9 Å². The van der Waals surface area contributed by atoms with E-state index < -0.39 is 226 Å². The highest BCUT2D eigenvalue weighted by Crippen LogP contribution is 2.43. The van der Waals surface area contributed by atoms with Gasteiger partial charge in [-0.2, -0.15) is 33.7 Å². The summed E-state index contributed by atoms with van der Waals surface area (Å²) in [6.07, 6.45) is -30.5. The zero-order valence-electron chi connectivity index (χ0n) is 49.9. The second-order valence-corrected chi connectivity index (χ2v) is 26.5. The Kier molecular flexibility index (Phi) is 26.1. The molecule has 0 saturated carbocycles. The number of hydrogen-bond donors (Lipinski definition) is 5. The summed E-state index contributed by atoms with van der Waals surface area (Å²) < 4.78 is 230. The summed E-state index contributed by atoms with van der Waals surface area (Å²) in [7, 11) is -19.9. The number of azide groups is 2. The summed E-state index contributed by atoms with van der Waals surface area (Å²) in [6, 6.07) is 13.4. The highest BCUT2D eigenvalue weighted by molar-refractivity contribution is 7.81. The summed E-state index contributed by atoms with van der Waals surface area (Å²) in [5.41, 5.74) is 20.7. The lowest BCUT2D eigenvalue weighted by Gasteiger charge is -2.51. The van der Waals surface area contributed by atoms with E-state index in [-0.39, 0.29) is 6.61 Å². The number of rotatable bonds is 30. The zero-order chi connectivity index (χ0) is 67.6. The number of nitrogens with zero attached hydrogens (tertiary/aromatic N) is 7. The molecule has 2 aromatic rings. The van der Waals surface area contributed by atoms with Gasteiger partial charge in [-0.3, -0.25) is 18.2 Å². The average molecular weight is 1390 g/mol. The predicted molar refractivity (Wildman–Crippen MR) is 303 cm³/mol. The Hall–Kier alpha value is -4.87. The van der Waals surface area contributed by atoms with E-state index in [1.165, 1.54) is 21.0 Å². The Morgan fingerprint density at radius 2 is 0.924 bits per heavy atom. The van der Waals surface area contributed by atoms with Gasteiger partial charge in [-0.25, -0.2) is 21.5 Å². The summed E-state index contributed by atoms with van der Waals surface area (Å²) in [5, 5.41) is 21.7. The van der Waals surface area contributed by atoms with E-state index in [9.17, 15) is 77.8 Å². The van der Waals surface area contributed by atoms with Gasteiger partial charge in [0.25, 0.3) is 0 Å². The van der Waals surface area contributed by atoms with Crippen molar-refractivity contribution >= 4 is 47.6 Å². The summed E-state index contributed by atoms with van der Waals surface area (Å²) >= 11 is 0. The molecule has 0 amide bonds. The first-order valence-electron chi connectivity index (χ1n) is 28.1. The van der Waals surface area contributed by atoms with Crippen LogP contribution in [0.2, 0.25) is 0 Å². The quantitative estimate of drug-likeness (QED) is 0.0245. The molecule has 0 aliphatic carbocycles. The van der Waals surface area contributed by atoms with Gasteiger partial charge >= 0.3 is 47.6 Å². The topological polar surface area (TPSA) is 529 Å². The van der Waals surface area contributed by atoms with Gasteiger partial charge in [0.2, 0.25) is 6.23 Å². The minimum Gasteiger partial charge on any atom is -0.479 e. The SMILES string of the molecule is CO[C@H]1OC(COS(=O)(=O)O)[C@@H](O[C@@H]2O[C@@H](N=O)[C@@H](O[C@H]3OC(COS(=O)(=O)O)[C@@H](O[C@@H]4OC(C(=O)O)[C@@H](O[C@H]5OC(COS(=O)(=O)O)[C@@H](C)[C@H](C)C5N=[N+]=[N-])[C@H](C)C4OCc4ccccc4)[C@H](C)C3N=[N+]=[N-])C(OCc3ccccc3)C2OS(=O)(=O)O)[C@H](C)C1C. The summed E-state index contributed by atoms with van der Waals surface area (Å²) in [6.45, 7) is 5.61. The van der Waals surface area contributed by atoms with Gasteiger partial charge in [0, 0.05) is 28.8 Å². The molecule has 5 saturated heterocycles. The number of methoxy groups -OCH3 is 1. The lowest BCUT2D eigenvalue weighted by Crippen LogP contribution is -2.65. The van der Waals surface area contributed by atoms with Crippen molar-refractivity contribution in [1.82, 2.24) is 0 Å². The van der Waals surface area contributed by atoms with Crippen LogP contribution in [-0.2, 0) is 133 Å². The first-order chi connectivity index (χ1) is 43.2. The average Bonchev–Trinajstić information content (AvgIpc) is 0.773. The second kappa shape index (κ2) is 32.2. The lowest BCUT2D eigenvalue weighted by molar-refractivity contribution is -0.372. The van der Waals surface area contributed by atoms with Crippen LogP contribution in [0.15, 0.2) is 76.1 Å². The van der Waals surface area contributed by atoms with E-state index in [1.54, 1.807) is 88.4 Å². The minimum atomic E-state index is -5.65. The molecule has 516 valence electrons. The second-order valence-electron chi connectivity index (χ2n) is 22.2. The molecule has 0 radical (unpaired) electrons. The largest absolute Gasteiger partial charge is 0.479 e. The zero-order valence-corrected chi connectivity index (χ0v) is 53.1. The molecule has 5 N–H and O–H groups in total. The van der Waals surface area contributed by atoms with Gasteiger partial charge in [-0.05, 0) is 51.0 Å². The third kappa shape index (κ3) is 19.9. The van der Waals surface area contributed by atoms with E-state index >= 15 is 0 Å². The molecule has 42 heteroatoms. The molecule has 5 aliphatic heterocycles. The van der Waals surface area contributed by atoms with E-state index in [2.05, 4.69) is 33.6 Å². The number of carboxylic acid groups (broad SMARTS) is 1. The molecule has 25 atom stereocenters. The Morgan fingerprint density at radius 1 is 0.489 bits per heavy atom. The van der Waals surface area contributed by atoms with Gasteiger partial charge in [-0.15, -0.1) is 4.91 Å². The number of carboxylic acids is 1. The van der Waals surface area contributed by atoms with Crippen molar-refractivity contribution in [3.8, 4) is 0 Å². The molecular formula is C50H71N7O31S4. The molecule has 2 aromatic carbocycles. The number of carbonyl (C=O) groups is 1. The summed E-state index contributed by atoms with van der Waals surface area (Å²) in [5.74, 6) is -6.98. The molecule has 38 nitrogen and oxygen atoms in total. The van der Waals surface area contributed by atoms with E-state index in [0.717, 1.165) is 0 Å². The lowest BCUT2D eigenvalue weighted by atomic mass is 9.82. The van der Waals surface area contributed by atoms with Gasteiger partial charge in [0.15, 0.2) is 43.7 Å². The van der Waals surface area contributed by atoms with Crippen LogP contribution >= 0.6 is 0 Å². The number of hydrogen-bond acceptors (Lipinski definition) is 29. The third-order valence-corrected chi connectivity index (χ3v) is 18.2. The Bertz CT molecular complexity index is 3350. The van der Waals surface area contributed by atoms with E-state index in [0.29, 0.717) is 11.1 Å². The Morgan fingerprint density at radius 3 is 1.39 bits per heavy atom. The monoisotopic (exact) mass is 1390 g/mol. The molecule has 0 aromatic heterocycles. The predicted octanol–water partition coefficient (Wildman–Crippen LogP) is 3.60. The van der Waals surface area contributed by atoms with Crippen molar-refractivity contribution in [3.05, 3.63) is 97.6 Å². The molecule has 5 heterocycles. The first kappa shape index (κ1) is 74.5. The van der Waals surface area contributed by atoms with Crippen molar-refractivity contribution in [1.29, 1.82) is 0 Å². The smallest absolute Gasteiger partial charge is 0.397 e. The van der Waals surface area contributed by atoms with Crippen LogP contribution in [0, 0.1) is 40.4 Å². The third-order valence-electron chi connectivity index (χ3n) is 16.4. The standard InChI is InChI=1S/C50H71N7O31S4/c1-23-24(2)34(53-56-51)47(79-31(23)20-76-89(61,62)63)84-38-28(6)39(74-18-29-14-10-8-11-15-29)49(86-42(38)45(58)59)83-37-27(5)35(54-57-52)48(81-33(37)22-78-91(67,68)69)85-41-40(75-19-30-16-12-9-13-17-30)43(88-92(70,71)72)50(87-44(41)55-60)82-36-25(3)26(4)46(73-7)80-32(36)21-77-90(64,65)66/h8-17,23-28,31-44,46-50H,18-22H2,1-7H3,(H,58,59)(H,61,62,63)(H,64,65,66)(H,67,68,69)(H,70,71,72)/t23-,24-,25+,26?,27+,28-,31?,32?,33?,34?,35?,36-,37-,38-,39?,40?,41-,42?,43?,44+,46-,47+,48+,49+,50+/m0/s1. The van der Waals surface area contributed by atoms with Crippen LogP contribution in [0.3, 0.4) is 0 Å². The van der Waals surface area contributed by atoms with Crippen LogP contribution in [0.5, 0.6) is 0 Å². The molecule has 7 rings (SSSR count). The fraction of sp³-hybridized carbons (Fsp3) is 0.740. The van der Waals surface area contributed by atoms with Crippen molar-refractivity contribution in [2.75, 3.05) is 26.9 Å². The highest BCUT2D eigenvalue weighted by atomic mass is 32.3. The van der Waals surface area contributed by atoms with E-state index in [4.69, 9.17) is 65.2 Å². The van der Waals surface area contributed by atoms with Crippen LogP contribution in [0.25, 0.3) is 20.9 Å². The first-order valence-corrected chi connectivity index (χ1v) is 33.6. The highest BCUT2D eigenvalue weighted by Gasteiger charge is 2.59. The molecular weight excluding hydrogens is 1320 g/mol. The van der Waals surface area contributed by atoms with Crippen LogP contribution in [0.4, 0.5) is 0 Å². The number of benzene rings is 2. The molecule has 5 fully saturated rings. The summed E-state index contributed by atoms with van der Waals surface area (Å²) in [4.78, 5) is 32.5. The van der Waals surface area contributed by atoms with Crippen molar-refractivity contribution in [3.63, 3.8) is 0 Å². The molecule has 10 unspecified atom stereocenters. The maximum atomic E-state index is 13.4. The molecule has 0 bridgehead atoms. The van der Waals surface area contributed by atoms with E-state index in [1.807, 2.05) is 0 Å². The van der Waals surface area contributed by atoms with Gasteiger partial charge in [0.05, 0.1) is 63.4 Å². The fourth-order valence-corrected chi connectivity index (χ4v) is 12.8. The van der Waals surface area contributed by atoms with Gasteiger partial charge in [0.1, 0.15) is 36.6 Å². The number of nitroso groups, excluding NO2 is 1.